The van der Waals surface area contributed by atoms with Crippen molar-refractivity contribution in [2.45, 2.75) is 26.2 Å². The third-order valence-electron chi connectivity index (χ3n) is 2.82. The maximum absolute atomic E-state index is 11.1. The largest absolute Gasteiger partial charge is 0.477 e. The third kappa shape index (κ3) is 3.37. The number of carboxylic acids is 1. The van der Waals surface area contributed by atoms with E-state index in [0.29, 0.717) is 5.82 Å². The highest BCUT2D eigenvalue weighted by molar-refractivity contribution is 5.86. The van der Waals surface area contributed by atoms with Gasteiger partial charge in [-0.15, -0.1) is 0 Å². The number of aromatic carboxylic acids is 1. The number of benzene rings is 1. The molecule has 0 aliphatic carbocycles. The Hall–Kier alpha value is -2.23. The van der Waals surface area contributed by atoms with Gasteiger partial charge in [0.25, 0.3) is 0 Å². The summed E-state index contributed by atoms with van der Waals surface area (Å²) < 4.78 is 0. The second-order valence-electron chi connectivity index (χ2n) is 4.34. The number of nitrogens with zero attached hydrogens (tertiary/aromatic N) is 2. The first-order valence-electron chi connectivity index (χ1n) is 6.37. The van der Waals surface area contributed by atoms with Crippen molar-refractivity contribution < 1.29 is 9.90 Å². The van der Waals surface area contributed by atoms with Crippen LogP contribution >= 0.6 is 0 Å². The minimum absolute atomic E-state index is 0.0555. The lowest BCUT2D eigenvalue weighted by molar-refractivity contribution is 0.0690. The molecule has 1 N–H and O–H groups in total. The molecule has 19 heavy (non-hydrogen) atoms. The van der Waals surface area contributed by atoms with Crippen LogP contribution in [0.15, 0.2) is 36.4 Å². The summed E-state index contributed by atoms with van der Waals surface area (Å²) in [6.07, 6.45) is 2.82. The highest BCUT2D eigenvalue weighted by Gasteiger charge is 2.11. The molecule has 1 heterocycles. The molecule has 2 aromatic rings. The van der Waals surface area contributed by atoms with Crippen LogP contribution in [0.5, 0.6) is 0 Å². The molecule has 0 saturated carbocycles. The number of carbonyl (C=O) groups is 1. The molecular formula is C15H16N2O2. The number of carboxylic acid groups (broad SMARTS) is 1. The van der Waals surface area contributed by atoms with Crippen LogP contribution in [0, 0.1) is 0 Å². The minimum Gasteiger partial charge on any atom is -0.477 e. The van der Waals surface area contributed by atoms with E-state index in [2.05, 4.69) is 16.9 Å². The van der Waals surface area contributed by atoms with Crippen molar-refractivity contribution in [1.29, 1.82) is 0 Å². The fourth-order valence-electron chi connectivity index (χ4n) is 1.81. The number of aromatic nitrogens is 2. The van der Waals surface area contributed by atoms with Gasteiger partial charge in [-0.3, -0.25) is 0 Å². The predicted octanol–water partition coefficient (Wildman–Crippen LogP) is 3.18. The maximum Gasteiger partial charge on any atom is 0.354 e. The Bertz CT molecular complexity index is 568. The molecule has 0 spiro atoms. The summed E-state index contributed by atoms with van der Waals surface area (Å²) >= 11 is 0. The summed E-state index contributed by atoms with van der Waals surface area (Å²) in [5.41, 5.74) is 1.68. The Labute approximate surface area is 112 Å². The normalized spacial score (nSPS) is 10.4. The summed E-state index contributed by atoms with van der Waals surface area (Å²) in [7, 11) is 0. The van der Waals surface area contributed by atoms with Crippen molar-refractivity contribution in [2.24, 2.45) is 0 Å². The van der Waals surface area contributed by atoms with Crippen LogP contribution in [0.2, 0.25) is 0 Å². The van der Waals surface area contributed by atoms with Gasteiger partial charge < -0.3 is 5.11 Å². The Morgan fingerprint density at radius 1 is 1.21 bits per heavy atom. The van der Waals surface area contributed by atoms with Crippen molar-refractivity contribution in [2.75, 3.05) is 0 Å². The zero-order valence-electron chi connectivity index (χ0n) is 10.8. The van der Waals surface area contributed by atoms with Crippen molar-refractivity contribution >= 4 is 5.97 Å². The van der Waals surface area contributed by atoms with Crippen molar-refractivity contribution in [1.82, 2.24) is 9.97 Å². The molecule has 4 nitrogen and oxygen atoms in total. The molecule has 98 valence electrons. The van der Waals surface area contributed by atoms with Crippen LogP contribution in [-0.4, -0.2) is 21.0 Å². The van der Waals surface area contributed by atoms with Crippen molar-refractivity contribution in [3.63, 3.8) is 0 Å². The molecule has 0 radical (unpaired) electrons. The van der Waals surface area contributed by atoms with Gasteiger partial charge in [0.05, 0.1) is 0 Å². The molecular weight excluding hydrogens is 240 g/mol. The van der Waals surface area contributed by atoms with E-state index >= 15 is 0 Å². The average molecular weight is 256 g/mol. The summed E-state index contributed by atoms with van der Waals surface area (Å²) in [6, 6.07) is 11.0. The highest BCUT2D eigenvalue weighted by Crippen LogP contribution is 2.16. The van der Waals surface area contributed by atoms with Crippen LogP contribution in [0.4, 0.5) is 0 Å². The van der Waals surface area contributed by atoms with Gasteiger partial charge in [0.2, 0.25) is 0 Å². The summed E-state index contributed by atoms with van der Waals surface area (Å²) in [5.74, 6) is -0.538. The van der Waals surface area contributed by atoms with Crippen LogP contribution in [0.1, 0.15) is 35.9 Å². The van der Waals surface area contributed by atoms with Gasteiger partial charge in [-0.1, -0.05) is 43.7 Å². The first-order chi connectivity index (χ1) is 9.20. The number of hydrogen-bond acceptors (Lipinski definition) is 3. The Kier molecular flexibility index (Phi) is 4.23. The van der Waals surface area contributed by atoms with Crippen LogP contribution in [0.3, 0.4) is 0 Å². The van der Waals surface area contributed by atoms with Crippen molar-refractivity contribution in [3.8, 4) is 11.4 Å². The lowest BCUT2D eigenvalue weighted by atomic mass is 10.1. The zero-order valence-corrected chi connectivity index (χ0v) is 10.8. The highest BCUT2D eigenvalue weighted by atomic mass is 16.4. The molecule has 0 saturated heterocycles. The fourth-order valence-corrected chi connectivity index (χ4v) is 1.81. The molecule has 1 aromatic carbocycles. The first-order valence-corrected chi connectivity index (χ1v) is 6.37. The number of hydrogen-bond donors (Lipinski definition) is 1. The van der Waals surface area contributed by atoms with E-state index in [1.165, 1.54) is 0 Å². The summed E-state index contributed by atoms with van der Waals surface area (Å²) in [5, 5.41) is 9.12. The van der Waals surface area contributed by atoms with Gasteiger partial charge in [0.15, 0.2) is 11.5 Å². The molecule has 0 aliphatic rings. The number of unbranched alkanes of at least 4 members (excludes halogenated alkanes) is 1. The van der Waals surface area contributed by atoms with Crippen molar-refractivity contribution in [3.05, 3.63) is 47.8 Å². The van der Waals surface area contributed by atoms with E-state index in [4.69, 9.17) is 5.11 Å². The molecule has 0 amide bonds. The lowest BCUT2D eigenvalue weighted by Crippen LogP contribution is -2.06. The van der Waals surface area contributed by atoms with E-state index in [1.54, 1.807) is 6.07 Å². The van der Waals surface area contributed by atoms with Gasteiger partial charge in [-0.25, -0.2) is 14.8 Å². The zero-order chi connectivity index (χ0) is 13.7. The van der Waals surface area contributed by atoms with Crippen LogP contribution in [-0.2, 0) is 6.42 Å². The van der Waals surface area contributed by atoms with Gasteiger partial charge in [0, 0.05) is 11.3 Å². The second kappa shape index (κ2) is 6.09. The number of aryl methyl sites for hydroxylation is 1. The quantitative estimate of drug-likeness (QED) is 0.892. The molecule has 0 atom stereocenters. The maximum atomic E-state index is 11.1. The summed E-state index contributed by atoms with van der Waals surface area (Å²) in [4.78, 5) is 19.7. The van der Waals surface area contributed by atoms with E-state index in [1.807, 2.05) is 30.3 Å². The van der Waals surface area contributed by atoms with Gasteiger partial charge in [-0.2, -0.15) is 0 Å². The SMILES string of the molecule is CCCCc1cc(C(=O)O)nc(-c2ccccc2)n1. The lowest BCUT2D eigenvalue weighted by Gasteiger charge is -2.05. The Morgan fingerprint density at radius 3 is 2.58 bits per heavy atom. The van der Waals surface area contributed by atoms with Crippen LogP contribution < -0.4 is 0 Å². The predicted molar refractivity (Wildman–Crippen MR) is 73.0 cm³/mol. The summed E-state index contributed by atoms with van der Waals surface area (Å²) in [6.45, 7) is 2.09. The molecule has 2 rings (SSSR count). The third-order valence-corrected chi connectivity index (χ3v) is 2.82. The molecule has 1 aromatic heterocycles. The molecule has 0 aliphatic heterocycles. The molecule has 4 heteroatoms. The van der Waals surface area contributed by atoms with E-state index in [0.717, 1.165) is 30.5 Å². The Morgan fingerprint density at radius 2 is 1.95 bits per heavy atom. The smallest absolute Gasteiger partial charge is 0.354 e. The van der Waals surface area contributed by atoms with Gasteiger partial charge >= 0.3 is 5.97 Å². The monoisotopic (exact) mass is 256 g/mol. The van der Waals surface area contributed by atoms with E-state index < -0.39 is 5.97 Å². The molecule has 0 fully saturated rings. The fraction of sp³-hybridized carbons (Fsp3) is 0.267. The minimum atomic E-state index is -1.02. The standard InChI is InChI=1S/C15H16N2O2/c1-2-3-9-12-10-13(15(18)19)17-14(16-12)11-7-5-4-6-8-11/h4-8,10H,2-3,9H2,1H3,(H,18,19). The average Bonchev–Trinajstić information content (AvgIpc) is 2.45. The van der Waals surface area contributed by atoms with E-state index in [-0.39, 0.29) is 5.69 Å². The van der Waals surface area contributed by atoms with Crippen LogP contribution in [0.25, 0.3) is 11.4 Å². The van der Waals surface area contributed by atoms with Gasteiger partial charge in [-0.05, 0) is 18.9 Å². The van der Waals surface area contributed by atoms with Gasteiger partial charge in [0.1, 0.15) is 0 Å². The topological polar surface area (TPSA) is 63.1 Å². The first kappa shape index (κ1) is 13.2. The second-order valence-corrected chi connectivity index (χ2v) is 4.34. The Balaban J connectivity index is 2.42. The molecule has 0 bridgehead atoms. The van der Waals surface area contributed by atoms with E-state index in [9.17, 15) is 4.79 Å². The molecule has 0 unspecified atom stereocenters. The number of rotatable bonds is 5.